The molecule has 16 heavy (non-hydrogen) atoms. The molecular weight excluding hydrogens is 270 g/mol. The Morgan fingerprint density at radius 3 is 2.75 bits per heavy atom. The van der Waals surface area contributed by atoms with Crippen molar-refractivity contribution >= 4 is 21.9 Å². The van der Waals surface area contributed by atoms with Gasteiger partial charge in [0.25, 0.3) is 0 Å². The fraction of sp³-hybridized carbons (Fsp3) is 0.167. The van der Waals surface area contributed by atoms with Crippen molar-refractivity contribution in [2.75, 3.05) is 0 Å². The van der Waals surface area contributed by atoms with E-state index >= 15 is 0 Å². The average molecular weight is 280 g/mol. The van der Waals surface area contributed by atoms with Crippen molar-refractivity contribution in [3.8, 4) is 6.07 Å². The summed E-state index contributed by atoms with van der Waals surface area (Å²) in [5, 5.41) is 8.68. The van der Waals surface area contributed by atoms with Crippen LogP contribution in [0, 0.1) is 11.3 Å². The maximum Gasteiger partial charge on any atom is 0.344 e. The molecule has 0 spiro atoms. The third-order valence-electron chi connectivity index (χ3n) is 1.98. The molecule has 0 radical (unpaired) electrons. The summed E-state index contributed by atoms with van der Waals surface area (Å²) in [4.78, 5) is 11.7. The lowest BCUT2D eigenvalue weighted by Crippen LogP contribution is -2.04. The van der Waals surface area contributed by atoms with Gasteiger partial charge in [-0.1, -0.05) is 0 Å². The average Bonchev–Trinajstić information content (AvgIpc) is 2.28. The second kappa shape index (κ2) is 5.47. The van der Waals surface area contributed by atoms with Crippen molar-refractivity contribution in [2.24, 2.45) is 0 Å². The van der Waals surface area contributed by atoms with E-state index in [-0.39, 0.29) is 0 Å². The zero-order chi connectivity index (χ0) is 12.1. The molecule has 0 atom stereocenters. The second-order valence-electron chi connectivity index (χ2n) is 3.10. The van der Waals surface area contributed by atoms with Crippen LogP contribution in [-0.2, 0) is 4.74 Å². The summed E-state index contributed by atoms with van der Waals surface area (Å²) in [5.74, 6) is 0.105. The molecule has 1 rings (SSSR count). The fourth-order valence-electron chi connectivity index (χ4n) is 1.01. The summed E-state index contributed by atoms with van der Waals surface area (Å²) >= 11 is 3.23. The van der Waals surface area contributed by atoms with Crippen LogP contribution in [0.25, 0.3) is 0 Å². The molecule has 3 nitrogen and oxygen atoms in total. The number of hydrogen-bond donors (Lipinski definition) is 0. The molecule has 0 fully saturated rings. The van der Waals surface area contributed by atoms with E-state index in [2.05, 4.69) is 15.9 Å². The van der Waals surface area contributed by atoms with Gasteiger partial charge in [-0.2, -0.15) is 5.26 Å². The Hall–Kier alpha value is -1.60. The van der Waals surface area contributed by atoms with Crippen LogP contribution < -0.4 is 0 Å². The molecule has 82 valence electrons. The van der Waals surface area contributed by atoms with Crippen LogP contribution in [0.2, 0.25) is 0 Å². The number of nitriles is 1. The van der Waals surface area contributed by atoms with Crippen LogP contribution in [-0.4, -0.2) is 5.97 Å². The number of esters is 1. The predicted octanol–water partition coefficient (Wildman–Crippen LogP) is 3.40. The number of benzene rings is 1. The minimum atomic E-state index is -0.438. The highest BCUT2D eigenvalue weighted by Crippen LogP contribution is 2.20. The molecule has 1 aromatic rings. The van der Waals surface area contributed by atoms with Crippen molar-refractivity contribution in [1.29, 1.82) is 5.26 Å². The Morgan fingerprint density at radius 2 is 2.25 bits per heavy atom. The van der Waals surface area contributed by atoms with Gasteiger partial charge in [0.1, 0.15) is 5.76 Å². The van der Waals surface area contributed by atoms with E-state index < -0.39 is 5.97 Å². The first kappa shape index (κ1) is 12.5. The van der Waals surface area contributed by atoms with Crippen LogP contribution in [0.5, 0.6) is 0 Å². The number of nitrogens with zero attached hydrogens (tertiary/aromatic N) is 1. The summed E-state index contributed by atoms with van der Waals surface area (Å²) in [5.41, 5.74) is 0.895. The number of ether oxygens (including phenoxy) is 1. The molecule has 0 aromatic heterocycles. The van der Waals surface area contributed by atoms with Crippen molar-refractivity contribution in [2.45, 2.75) is 13.8 Å². The normalized spacial score (nSPS) is 10.8. The van der Waals surface area contributed by atoms with Gasteiger partial charge in [0, 0.05) is 4.47 Å². The standard InChI is InChI=1S/C12H10BrNO2/c1-3-8(2)16-12(15)10-5-4-9(7-14)6-11(10)13/h3-6H,1-2H3/b8-3+. The van der Waals surface area contributed by atoms with Gasteiger partial charge >= 0.3 is 5.97 Å². The Kier molecular flexibility index (Phi) is 4.27. The lowest BCUT2D eigenvalue weighted by molar-refractivity contribution is 0.0624. The summed E-state index contributed by atoms with van der Waals surface area (Å²) in [7, 11) is 0. The number of carbonyl (C=O) groups is 1. The van der Waals surface area contributed by atoms with Crippen molar-refractivity contribution in [1.82, 2.24) is 0 Å². The Labute approximate surface area is 102 Å². The zero-order valence-electron chi connectivity index (χ0n) is 8.95. The number of carbonyl (C=O) groups excluding carboxylic acids is 1. The first-order chi connectivity index (χ1) is 7.58. The van der Waals surface area contributed by atoms with E-state index in [4.69, 9.17) is 10.00 Å². The molecule has 0 saturated carbocycles. The zero-order valence-corrected chi connectivity index (χ0v) is 10.5. The van der Waals surface area contributed by atoms with Gasteiger partial charge in [-0.25, -0.2) is 4.79 Å². The van der Waals surface area contributed by atoms with Gasteiger partial charge in [-0.15, -0.1) is 0 Å². The van der Waals surface area contributed by atoms with E-state index in [1.54, 1.807) is 38.1 Å². The van der Waals surface area contributed by atoms with Crippen LogP contribution in [0.4, 0.5) is 0 Å². The molecule has 0 aliphatic heterocycles. The quantitative estimate of drug-likeness (QED) is 0.616. The van der Waals surface area contributed by atoms with Gasteiger partial charge in [0.15, 0.2) is 0 Å². The van der Waals surface area contributed by atoms with Crippen LogP contribution in [0.15, 0.2) is 34.5 Å². The molecule has 0 N–H and O–H groups in total. The smallest absolute Gasteiger partial charge is 0.344 e. The molecule has 0 unspecified atom stereocenters. The Balaban J connectivity index is 2.98. The molecule has 0 saturated heterocycles. The Bertz CT molecular complexity index is 486. The topological polar surface area (TPSA) is 50.1 Å². The molecular formula is C12H10BrNO2. The second-order valence-corrected chi connectivity index (χ2v) is 3.95. The predicted molar refractivity (Wildman–Crippen MR) is 63.7 cm³/mol. The lowest BCUT2D eigenvalue weighted by Gasteiger charge is -2.05. The number of halogens is 1. The van der Waals surface area contributed by atoms with Crippen molar-refractivity contribution in [3.63, 3.8) is 0 Å². The maximum absolute atomic E-state index is 11.7. The molecule has 0 bridgehead atoms. The first-order valence-corrected chi connectivity index (χ1v) is 5.42. The van der Waals surface area contributed by atoms with E-state index in [1.807, 2.05) is 6.07 Å². The van der Waals surface area contributed by atoms with Gasteiger partial charge in [0.05, 0.1) is 17.2 Å². The molecule has 4 heteroatoms. The highest BCUT2D eigenvalue weighted by molar-refractivity contribution is 9.10. The van der Waals surface area contributed by atoms with Crippen LogP contribution >= 0.6 is 15.9 Å². The number of allylic oxidation sites excluding steroid dienone is 2. The van der Waals surface area contributed by atoms with Gasteiger partial charge in [-0.3, -0.25) is 0 Å². The number of hydrogen-bond acceptors (Lipinski definition) is 3. The third-order valence-corrected chi connectivity index (χ3v) is 2.63. The molecule has 0 aliphatic carbocycles. The monoisotopic (exact) mass is 279 g/mol. The molecule has 0 amide bonds. The van der Waals surface area contributed by atoms with Gasteiger partial charge in [0.2, 0.25) is 0 Å². The van der Waals surface area contributed by atoms with Gasteiger partial charge < -0.3 is 4.74 Å². The van der Waals surface area contributed by atoms with Crippen molar-refractivity contribution < 1.29 is 9.53 Å². The number of rotatable bonds is 2. The van der Waals surface area contributed by atoms with Crippen LogP contribution in [0.1, 0.15) is 29.8 Å². The summed E-state index contributed by atoms with van der Waals surface area (Å²) in [6.45, 7) is 3.49. The van der Waals surface area contributed by atoms with E-state index in [0.717, 1.165) is 0 Å². The molecule has 1 aromatic carbocycles. The summed E-state index contributed by atoms with van der Waals surface area (Å²) in [6, 6.07) is 6.72. The van der Waals surface area contributed by atoms with Gasteiger partial charge in [-0.05, 0) is 54.1 Å². The first-order valence-electron chi connectivity index (χ1n) is 4.63. The van der Waals surface area contributed by atoms with E-state index in [1.165, 1.54) is 0 Å². The highest BCUT2D eigenvalue weighted by atomic mass is 79.9. The van der Waals surface area contributed by atoms with Crippen LogP contribution in [0.3, 0.4) is 0 Å². The lowest BCUT2D eigenvalue weighted by atomic mass is 10.1. The maximum atomic E-state index is 11.7. The SMILES string of the molecule is C/C=C(\C)OC(=O)c1ccc(C#N)cc1Br. The largest absolute Gasteiger partial charge is 0.428 e. The highest BCUT2D eigenvalue weighted by Gasteiger charge is 2.12. The minimum Gasteiger partial charge on any atom is -0.428 e. The third kappa shape index (κ3) is 2.94. The molecule has 0 heterocycles. The summed E-state index contributed by atoms with van der Waals surface area (Å²) in [6.07, 6.45) is 1.70. The van der Waals surface area contributed by atoms with E-state index in [9.17, 15) is 4.79 Å². The molecule has 0 aliphatic rings. The van der Waals surface area contributed by atoms with Crippen molar-refractivity contribution in [3.05, 3.63) is 45.6 Å². The summed E-state index contributed by atoms with van der Waals surface area (Å²) < 4.78 is 5.61. The Morgan fingerprint density at radius 1 is 1.56 bits per heavy atom. The fourth-order valence-corrected chi connectivity index (χ4v) is 1.55. The minimum absolute atomic E-state index is 0.403. The van der Waals surface area contributed by atoms with E-state index in [0.29, 0.717) is 21.4 Å².